The Morgan fingerprint density at radius 3 is 1.82 bits per heavy atom. The fourth-order valence-electron chi connectivity index (χ4n) is 4.44. The van der Waals surface area contributed by atoms with Gasteiger partial charge in [0.1, 0.15) is 0 Å². The minimum absolute atomic E-state index is 0.0659. The Morgan fingerprint density at radius 2 is 1.32 bits per heavy atom. The first-order valence-corrected chi connectivity index (χ1v) is 19.3. The van der Waals surface area contributed by atoms with E-state index in [1.165, 1.54) is 0 Å². The van der Waals surface area contributed by atoms with Gasteiger partial charge in [-0.15, -0.1) is 0 Å². The summed E-state index contributed by atoms with van der Waals surface area (Å²) in [5, 5.41) is 1.35. The number of nitrogens with zero attached hydrogens (tertiary/aromatic N) is 2. The molecule has 0 aliphatic heterocycles. The third-order valence-corrected chi connectivity index (χ3v) is 9.67. The fraction of sp³-hybridized carbons (Fsp3) is 0.0345. The third-order valence-electron chi connectivity index (χ3n) is 5.90. The molecule has 0 radical (unpaired) electrons. The van der Waals surface area contributed by atoms with E-state index < -0.39 is 0 Å². The van der Waals surface area contributed by atoms with Crippen molar-refractivity contribution in [3.8, 4) is 33.4 Å². The van der Waals surface area contributed by atoms with Crippen LogP contribution < -0.4 is 5.56 Å². The van der Waals surface area contributed by atoms with Gasteiger partial charge in [-0.2, -0.15) is 0 Å². The van der Waals surface area contributed by atoms with Gasteiger partial charge in [-0.3, -0.25) is 0 Å². The maximum absolute atomic E-state index is 14.0. The number of rotatable bonds is 5. The third kappa shape index (κ3) is 4.01. The van der Waals surface area contributed by atoms with E-state index in [9.17, 15) is 4.79 Å². The van der Waals surface area contributed by atoms with Crippen molar-refractivity contribution in [1.29, 1.82) is 0 Å². The molecule has 0 unspecified atom stereocenters. The summed E-state index contributed by atoms with van der Waals surface area (Å²) < 4.78 is 1.67. The van der Waals surface area contributed by atoms with Crippen LogP contribution in [-0.2, 0) is 0 Å². The Morgan fingerprint density at radius 1 is 0.824 bits per heavy atom. The second kappa shape index (κ2) is 9.64. The van der Waals surface area contributed by atoms with E-state index in [4.69, 9.17) is 4.98 Å². The second-order valence-corrected chi connectivity index (χ2v) is 12.4. The molecule has 0 amide bonds. The van der Waals surface area contributed by atoms with Gasteiger partial charge in [0.15, 0.2) is 0 Å². The van der Waals surface area contributed by atoms with E-state index in [1.54, 1.807) is 13.5 Å². The van der Waals surface area contributed by atoms with Crippen LogP contribution in [0.2, 0.25) is 0 Å². The van der Waals surface area contributed by atoms with Gasteiger partial charge in [-0.25, -0.2) is 0 Å². The van der Waals surface area contributed by atoms with Gasteiger partial charge in [0.2, 0.25) is 0 Å². The number of fused-ring (bicyclic) bond motifs is 1. The van der Waals surface area contributed by atoms with Crippen LogP contribution in [0.3, 0.4) is 0 Å². The number of benzene rings is 4. The van der Waals surface area contributed by atoms with Gasteiger partial charge in [0.05, 0.1) is 0 Å². The first-order valence-electron chi connectivity index (χ1n) is 11.1. The Bertz CT molecular complexity index is 1560. The predicted molar refractivity (Wildman–Crippen MR) is 149 cm³/mol. The first kappa shape index (κ1) is 22.7. The molecule has 4 aromatic carbocycles. The average Bonchev–Trinajstić information content (AvgIpc) is 2.88. The number of hydrogen-bond acceptors (Lipinski definition) is 3. The zero-order valence-electron chi connectivity index (χ0n) is 19.2. The van der Waals surface area contributed by atoms with E-state index in [1.807, 2.05) is 61.5 Å². The molecular formula is C29H24N2OSSn. The molecule has 34 heavy (non-hydrogen) atoms. The molecule has 0 saturated heterocycles. The van der Waals surface area contributed by atoms with E-state index in [0.29, 0.717) is 11.1 Å². The standard InChI is InChI=1S/C29H22N2OS.Sn.3H/c1-19(2)31-28(32)27-24(30-29(31)33)18-23(20-12-6-3-7-13-20)25(21-14-8-4-9-15-21)26(27)22-16-10-5-11-17-22;;;;/h3-18H,1H2,2H3,(H,30,33);;;;/q;+1;;;/p-1. The molecule has 0 aliphatic rings. The van der Waals surface area contributed by atoms with Gasteiger partial charge in [0, 0.05) is 0 Å². The van der Waals surface area contributed by atoms with Crippen molar-refractivity contribution in [3.05, 3.63) is 114 Å². The number of hydrogen-bond donors (Lipinski definition) is 0. The molecule has 5 aromatic rings. The molecule has 1 heterocycles. The Kier molecular flexibility index (Phi) is 6.44. The fourth-order valence-corrected chi connectivity index (χ4v) is 7.40. The first-order chi connectivity index (χ1) is 16.6. The molecule has 1 aromatic heterocycles. The van der Waals surface area contributed by atoms with Gasteiger partial charge < -0.3 is 0 Å². The summed E-state index contributed by atoms with van der Waals surface area (Å²) in [4.78, 5) is 19.0. The van der Waals surface area contributed by atoms with Crippen molar-refractivity contribution in [2.75, 3.05) is 0 Å². The maximum atomic E-state index is 14.0. The van der Waals surface area contributed by atoms with E-state index >= 15 is 0 Å². The number of allylic oxidation sites excluding steroid dienone is 1. The molecule has 0 bridgehead atoms. The van der Waals surface area contributed by atoms with Crippen LogP contribution >= 0.6 is 8.95 Å². The van der Waals surface area contributed by atoms with Gasteiger partial charge >= 0.3 is 216 Å². The van der Waals surface area contributed by atoms with E-state index in [0.717, 1.165) is 44.1 Å². The van der Waals surface area contributed by atoms with Crippen molar-refractivity contribution < 1.29 is 0 Å². The summed E-state index contributed by atoms with van der Waals surface area (Å²) in [6, 6.07) is 32.9. The summed E-state index contributed by atoms with van der Waals surface area (Å²) in [5.74, 6) is 0. The SMILES string of the molecule is C=C(C)n1c([S][SnH3])nc2cc(-c3ccccc3)c(-c3ccccc3)c(-c3ccccc3)c2c1=O. The van der Waals surface area contributed by atoms with Crippen LogP contribution in [0.5, 0.6) is 0 Å². The van der Waals surface area contributed by atoms with E-state index in [-0.39, 0.29) is 26.7 Å². The van der Waals surface area contributed by atoms with Crippen LogP contribution in [0.15, 0.2) is 114 Å². The monoisotopic (exact) mass is 568 g/mol. The minimum atomic E-state index is -0.0659. The Labute approximate surface area is 214 Å². The van der Waals surface area contributed by atoms with Crippen molar-refractivity contribution in [2.45, 2.75) is 12.1 Å². The zero-order valence-corrected chi connectivity index (χ0v) is 25.7. The van der Waals surface area contributed by atoms with Crippen LogP contribution in [0.1, 0.15) is 6.92 Å². The van der Waals surface area contributed by atoms with Crippen LogP contribution in [0, 0.1) is 0 Å². The van der Waals surface area contributed by atoms with Crippen LogP contribution in [-0.4, -0.2) is 30.7 Å². The molecule has 0 atom stereocenters. The normalized spacial score (nSPS) is 11.1. The topological polar surface area (TPSA) is 34.9 Å². The molecule has 0 aliphatic carbocycles. The summed E-state index contributed by atoms with van der Waals surface area (Å²) in [6.45, 7) is 5.95. The van der Waals surface area contributed by atoms with Crippen LogP contribution in [0.25, 0.3) is 50.0 Å². The Balaban J connectivity index is 2.06. The molecule has 3 nitrogen and oxygen atoms in total. The molecule has 5 heteroatoms. The van der Waals surface area contributed by atoms with Gasteiger partial charge in [0.25, 0.3) is 0 Å². The second-order valence-electron chi connectivity index (χ2n) is 8.14. The van der Waals surface area contributed by atoms with Crippen LogP contribution in [0.4, 0.5) is 0 Å². The van der Waals surface area contributed by atoms with Crippen molar-refractivity contribution in [2.24, 2.45) is 0 Å². The quantitative estimate of drug-likeness (QED) is 0.186. The Hall–Kier alpha value is -3.09. The number of aromatic nitrogens is 2. The van der Waals surface area contributed by atoms with Gasteiger partial charge in [-0.1, -0.05) is 0 Å². The molecule has 166 valence electrons. The zero-order chi connectivity index (χ0) is 23.7. The molecule has 0 saturated carbocycles. The van der Waals surface area contributed by atoms with E-state index in [2.05, 4.69) is 49.0 Å². The molecule has 5 rings (SSSR count). The summed E-state index contributed by atoms with van der Waals surface area (Å²) in [7, 11) is 1.66. The molecule has 0 spiro atoms. The molecule has 0 N–H and O–H groups in total. The summed E-state index contributed by atoms with van der Waals surface area (Å²) >= 11 is 0.257. The van der Waals surface area contributed by atoms with Crippen molar-refractivity contribution >= 4 is 46.7 Å². The summed E-state index contributed by atoms with van der Waals surface area (Å²) in [5.41, 5.74) is 7.49. The predicted octanol–water partition coefficient (Wildman–Crippen LogP) is 6.26. The van der Waals surface area contributed by atoms with Crippen molar-refractivity contribution in [3.63, 3.8) is 0 Å². The van der Waals surface area contributed by atoms with Gasteiger partial charge in [-0.05, 0) is 0 Å². The van der Waals surface area contributed by atoms with Crippen molar-refractivity contribution in [1.82, 2.24) is 9.55 Å². The molecular weight excluding hydrogens is 543 g/mol. The average molecular weight is 567 g/mol. The summed E-state index contributed by atoms with van der Waals surface area (Å²) in [6.07, 6.45) is 0. The molecule has 0 fully saturated rings.